The van der Waals surface area contributed by atoms with Gasteiger partial charge in [0.05, 0.1) is 17.5 Å². The number of halogens is 2. The number of aromatic nitrogens is 1. The first-order valence-corrected chi connectivity index (χ1v) is 28.9. The first-order chi connectivity index (χ1) is 38.3. The van der Waals surface area contributed by atoms with Crippen LogP contribution in [0.3, 0.4) is 0 Å². The Balaban J connectivity index is 1.46. The van der Waals surface area contributed by atoms with Gasteiger partial charge >= 0.3 is 11.9 Å². The number of nitrogens with one attached hydrogen (secondary N) is 5. The summed E-state index contributed by atoms with van der Waals surface area (Å²) in [6.45, 7) is 10.9. The summed E-state index contributed by atoms with van der Waals surface area (Å²) < 4.78 is 32.0. The van der Waals surface area contributed by atoms with E-state index in [2.05, 4.69) is 26.6 Å². The molecule has 1 aliphatic heterocycles. The van der Waals surface area contributed by atoms with E-state index >= 15 is 4.39 Å². The van der Waals surface area contributed by atoms with Gasteiger partial charge in [-0.15, -0.1) is 11.8 Å². The van der Waals surface area contributed by atoms with Crippen LogP contribution in [-0.2, 0) is 54.5 Å². The number of carboxylic acids is 2. The number of hydrogen-bond donors (Lipinski definition) is 8. The maximum Gasteiger partial charge on any atom is 0.328 e. The lowest BCUT2D eigenvalue weighted by Gasteiger charge is -2.41. The fourth-order valence-electron chi connectivity index (χ4n) is 8.65. The Morgan fingerprint density at radius 3 is 2.07 bits per heavy atom. The average molecular weight is 1170 g/mol. The largest absolute Gasteiger partial charge is 0.480 e. The lowest BCUT2D eigenvalue weighted by Crippen LogP contribution is -2.54. The Morgan fingerprint density at radius 1 is 0.753 bits per heavy atom. The number of nitrogens with two attached hydrogens (primary N) is 1. The van der Waals surface area contributed by atoms with Gasteiger partial charge in [0.1, 0.15) is 35.8 Å². The van der Waals surface area contributed by atoms with Gasteiger partial charge < -0.3 is 52.0 Å². The van der Waals surface area contributed by atoms with Gasteiger partial charge in [-0.05, 0) is 67.3 Å². The van der Waals surface area contributed by atoms with Crippen LogP contribution < -0.4 is 32.3 Å². The molecule has 2 aromatic carbocycles. The molecule has 5 atom stereocenters. The van der Waals surface area contributed by atoms with Crippen molar-refractivity contribution in [3.05, 3.63) is 95.8 Å². The van der Waals surface area contributed by atoms with Crippen molar-refractivity contribution in [1.82, 2.24) is 41.0 Å². The van der Waals surface area contributed by atoms with Crippen LogP contribution in [0.15, 0.2) is 72.9 Å². The molecule has 8 amide bonds. The third-order valence-corrected chi connectivity index (χ3v) is 14.9. The summed E-state index contributed by atoms with van der Waals surface area (Å²) in [4.78, 5) is 129. The molecule has 0 saturated carbocycles. The maximum absolute atomic E-state index is 15.4. The summed E-state index contributed by atoms with van der Waals surface area (Å²) in [7, 11) is 0. The normalized spacial score (nSPS) is 14.2. The zero-order valence-corrected chi connectivity index (χ0v) is 48.1. The number of amides is 8. The molecule has 0 aliphatic carbocycles. The van der Waals surface area contributed by atoms with Crippen molar-refractivity contribution in [2.24, 2.45) is 17.1 Å². The highest BCUT2D eigenvalue weighted by molar-refractivity contribution is 8.00. The van der Waals surface area contributed by atoms with Gasteiger partial charge in [-0.3, -0.25) is 48.1 Å². The molecule has 1 aliphatic rings. The molecule has 0 spiro atoms. The molecule has 9 N–H and O–H groups in total. The quantitative estimate of drug-likeness (QED) is 0.0310. The highest BCUT2D eigenvalue weighted by Gasteiger charge is 2.37. The molecule has 81 heavy (non-hydrogen) atoms. The first kappa shape index (κ1) is 66.4. The van der Waals surface area contributed by atoms with Crippen molar-refractivity contribution in [1.29, 1.82) is 0 Å². The fourth-order valence-corrected chi connectivity index (χ4v) is 10.3. The summed E-state index contributed by atoms with van der Waals surface area (Å²) in [5.41, 5.74) is 6.57. The minimum absolute atomic E-state index is 0.0102. The number of benzene rings is 2. The van der Waals surface area contributed by atoms with Crippen LogP contribution >= 0.6 is 23.5 Å². The number of carbonyl (C=O) groups is 10. The highest BCUT2D eigenvalue weighted by Crippen LogP contribution is 2.41. The predicted octanol–water partition coefficient (Wildman–Crippen LogP) is 3.99. The number of nitrogens with zero attached hydrogens (tertiary/aromatic N) is 3. The second kappa shape index (κ2) is 32.4. The van der Waals surface area contributed by atoms with Crippen LogP contribution in [0.4, 0.5) is 8.78 Å². The van der Waals surface area contributed by atoms with E-state index in [0.29, 0.717) is 37.1 Å². The Morgan fingerprint density at radius 2 is 1.43 bits per heavy atom. The minimum Gasteiger partial charge on any atom is -0.480 e. The number of hydrogen-bond acceptors (Lipinski definition) is 13. The SMILES string of the molecule is CC(C)[C@H](NC(=O)CCCCCN1C(=O)C=CC1=O)C(=O)N[C@@H](C)C(=O)NCCCN(C(=O)CSCCC(=O)N[C@H](CNC(=O)CSC[C@H](N)C(=O)O)C(=O)O)[C@@H](c1cc(-c2cc(F)ccc2F)cn1Cc1ccccc1)C(C)(C)C. The van der Waals surface area contributed by atoms with E-state index in [4.69, 9.17) is 10.8 Å². The van der Waals surface area contributed by atoms with E-state index in [1.54, 1.807) is 31.0 Å². The van der Waals surface area contributed by atoms with Gasteiger partial charge in [0.15, 0.2) is 0 Å². The fraction of sp³-hybridized carbons (Fsp3) is 0.500. The van der Waals surface area contributed by atoms with E-state index in [1.165, 1.54) is 19.1 Å². The van der Waals surface area contributed by atoms with Crippen molar-refractivity contribution >= 4 is 82.7 Å². The summed E-state index contributed by atoms with van der Waals surface area (Å²) in [5.74, 6) is -8.51. The molecule has 3 aromatic rings. The molecule has 0 saturated heterocycles. The van der Waals surface area contributed by atoms with Crippen molar-refractivity contribution in [3.8, 4) is 11.1 Å². The summed E-state index contributed by atoms with van der Waals surface area (Å²) in [6.07, 6.45) is 5.75. The maximum atomic E-state index is 15.4. The van der Waals surface area contributed by atoms with Crippen LogP contribution in [0.2, 0.25) is 0 Å². The van der Waals surface area contributed by atoms with Gasteiger partial charge in [0.2, 0.25) is 35.4 Å². The minimum atomic E-state index is -1.49. The van der Waals surface area contributed by atoms with E-state index in [1.807, 2.05) is 55.7 Å². The second-order valence-corrected chi connectivity index (χ2v) is 23.0. The third kappa shape index (κ3) is 21.7. The molecule has 21 nitrogen and oxygen atoms in total. The van der Waals surface area contributed by atoms with Crippen LogP contribution in [0.1, 0.15) is 97.4 Å². The highest BCUT2D eigenvalue weighted by atomic mass is 32.2. The molecule has 0 radical (unpaired) electrons. The number of rotatable bonds is 34. The van der Waals surface area contributed by atoms with Crippen LogP contribution in [-0.4, -0.2) is 157 Å². The van der Waals surface area contributed by atoms with E-state index < -0.39 is 89.4 Å². The predicted molar refractivity (Wildman–Crippen MR) is 303 cm³/mol. The Labute approximate surface area is 478 Å². The second-order valence-electron chi connectivity index (χ2n) is 20.9. The summed E-state index contributed by atoms with van der Waals surface area (Å²) in [6, 6.07) is 8.88. The first-order valence-electron chi connectivity index (χ1n) is 26.6. The summed E-state index contributed by atoms with van der Waals surface area (Å²) >= 11 is 2.05. The lowest BCUT2D eigenvalue weighted by molar-refractivity contribution is -0.142. The molecule has 442 valence electrons. The Hall–Kier alpha value is -7.12. The number of carboxylic acid groups (broad SMARTS) is 2. The topological polar surface area (TPSA) is 309 Å². The number of aliphatic carboxylic acids is 2. The van der Waals surface area contributed by atoms with Gasteiger partial charge in [-0.2, -0.15) is 11.8 Å². The van der Waals surface area contributed by atoms with Crippen molar-refractivity contribution in [3.63, 3.8) is 0 Å². The molecule has 25 heteroatoms. The lowest BCUT2D eigenvalue weighted by atomic mass is 9.83. The third-order valence-electron chi connectivity index (χ3n) is 12.9. The van der Waals surface area contributed by atoms with Crippen molar-refractivity contribution in [2.75, 3.05) is 49.2 Å². The standard InChI is InChI=1S/C56H75F2N9O12S2/c1-34(2)50(64-44(68)16-11-8-12-23-66-47(71)19-20-48(66)72)53(75)62-35(3)52(74)60-22-13-24-67(49(73)33-80-25-21-45(69)63-42(55(78)79)28-61-46(70)32-81-31-41(59)54(76)77)51(56(4,5)6)43-26-37(39-27-38(57)17-18-40(39)58)30-65(43)29-36-14-9-7-10-15-36/h7,9-10,14-15,17-20,26-27,30,34-35,41-42,50-51H,8,11-13,16,21-25,28-29,31-33,59H2,1-6H3,(H,60,74)(H,61,70)(H,62,75)(H,63,69)(H,64,68)(H,76,77)(H,78,79)/t35-,41-,42+,50-,51-/m0/s1. The number of carbonyl (C=O) groups excluding carboxylic acids is 8. The number of thioether (sulfide) groups is 2. The van der Waals surface area contributed by atoms with E-state index in [-0.39, 0.29) is 97.0 Å². The molecule has 0 fully saturated rings. The van der Waals surface area contributed by atoms with Gasteiger partial charge in [0, 0.05) is 92.2 Å². The zero-order chi connectivity index (χ0) is 60.0. The van der Waals surface area contributed by atoms with Crippen molar-refractivity contribution in [2.45, 2.75) is 117 Å². The van der Waals surface area contributed by atoms with Crippen LogP contribution in [0.5, 0.6) is 0 Å². The average Bonchev–Trinajstić information content (AvgIpc) is 4.00. The molecular formula is C56H75F2N9O12S2. The van der Waals surface area contributed by atoms with Gasteiger partial charge in [0.25, 0.3) is 11.8 Å². The van der Waals surface area contributed by atoms with Gasteiger partial charge in [-0.1, -0.05) is 71.4 Å². The zero-order valence-electron chi connectivity index (χ0n) is 46.5. The van der Waals surface area contributed by atoms with Crippen LogP contribution in [0, 0.1) is 23.0 Å². The summed E-state index contributed by atoms with van der Waals surface area (Å²) in [5, 5.41) is 31.7. The van der Waals surface area contributed by atoms with Crippen molar-refractivity contribution < 1.29 is 66.9 Å². The smallest absolute Gasteiger partial charge is 0.328 e. The molecular weight excluding hydrogens is 1090 g/mol. The van der Waals surface area contributed by atoms with Gasteiger partial charge in [-0.25, -0.2) is 13.6 Å². The molecule has 0 bridgehead atoms. The Bertz CT molecular complexity index is 2720. The molecule has 4 rings (SSSR count). The molecule has 2 heterocycles. The van der Waals surface area contributed by atoms with E-state index in [9.17, 15) is 57.4 Å². The Kier molecular flexibility index (Phi) is 26.5. The molecule has 0 unspecified atom stereocenters. The number of imide groups is 1. The van der Waals surface area contributed by atoms with E-state index in [0.717, 1.165) is 52.2 Å². The monoisotopic (exact) mass is 1170 g/mol. The molecule has 1 aromatic heterocycles. The number of unbranched alkanes of at least 4 members (excludes halogenated alkanes) is 2. The van der Waals surface area contributed by atoms with Crippen LogP contribution in [0.25, 0.3) is 11.1 Å².